The maximum Gasteiger partial charge on any atom is 0.587 e. The summed E-state index contributed by atoms with van der Waals surface area (Å²) >= 11 is 5.85. The smallest absolute Gasteiger partial charge is 0.395 e. The molecule has 0 bridgehead atoms. The molecule has 1 aromatic heterocycles. The Balaban J connectivity index is 1.65. The molecular weight excluding hydrogens is 566 g/mol. The molecule has 3 aromatic rings. The lowest BCUT2D eigenvalue weighted by Crippen LogP contribution is -2.52. The topological polar surface area (TPSA) is 135 Å². The van der Waals surface area contributed by atoms with Gasteiger partial charge in [0.15, 0.2) is 18.0 Å². The van der Waals surface area contributed by atoms with Crippen molar-refractivity contribution in [2.45, 2.75) is 44.4 Å². The molecule has 4 rings (SSSR count). The van der Waals surface area contributed by atoms with Crippen molar-refractivity contribution in [1.29, 1.82) is 0 Å². The number of hydrogen-bond acceptors (Lipinski definition) is 9. The van der Waals surface area contributed by atoms with Crippen molar-refractivity contribution in [3.8, 4) is 11.5 Å². The van der Waals surface area contributed by atoms with Gasteiger partial charge in [0, 0.05) is 6.20 Å². The molecule has 0 unspecified atom stereocenters. The monoisotopic (exact) mass is 589 g/mol. The van der Waals surface area contributed by atoms with E-state index in [1.807, 2.05) is 0 Å². The van der Waals surface area contributed by atoms with Crippen LogP contribution in [0.4, 0.5) is 19.0 Å². The second kappa shape index (κ2) is 11.2. The van der Waals surface area contributed by atoms with Gasteiger partial charge in [-0.1, -0.05) is 47.0 Å². The lowest BCUT2D eigenvalue weighted by molar-refractivity contribution is -0.193. The van der Waals surface area contributed by atoms with Crippen LogP contribution in [0.1, 0.15) is 17.4 Å². The number of rotatable bonds is 9. The summed E-state index contributed by atoms with van der Waals surface area (Å²) in [6.07, 6.45) is -9.96. The van der Waals surface area contributed by atoms with Crippen LogP contribution in [0.25, 0.3) is 0 Å². The van der Waals surface area contributed by atoms with Gasteiger partial charge in [0.1, 0.15) is 23.4 Å². The van der Waals surface area contributed by atoms with E-state index < -0.39 is 50.6 Å². The predicted molar refractivity (Wildman–Crippen MR) is 135 cm³/mol. The van der Waals surface area contributed by atoms with Gasteiger partial charge in [-0.15, -0.1) is 0 Å². The third-order valence-electron chi connectivity index (χ3n) is 5.92. The number of alkyl halides is 3. The van der Waals surface area contributed by atoms with Crippen LogP contribution in [0.3, 0.4) is 0 Å². The van der Waals surface area contributed by atoms with E-state index >= 15 is 4.39 Å². The Bertz CT molecular complexity index is 1380. The molecule has 3 N–H and O–H groups in total. The SMILES string of the molecule is Cc1ccc(OP(=O)(OC[C@@]2(C(F)F)O[C@@H](n3cc(Cl)c(N)nc3=O)[C@@H](F)[C@@H]2O)Oc2ccc(C)cc2)cc1. The van der Waals surface area contributed by atoms with Gasteiger partial charge >= 0.3 is 13.5 Å². The Kier molecular flexibility index (Phi) is 8.29. The van der Waals surface area contributed by atoms with Gasteiger partial charge in [-0.05, 0) is 38.1 Å². The second-order valence-corrected chi connectivity index (χ2v) is 10.8. The lowest BCUT2D eigenvalue weighted by Gasteiger charge is -2.31. The Labute approximate surface area is 225 Å². The summed E-state index contributed by atoms with van der Waals surface area (Å²) in [7, 11) is -4.76. The highest BCUT2D eigenvalue weighted by Crippen LogP contribution is 2.52. The van der Waals surface area contributed by atoms with Crippen LogP contribution in [0, 0.1) is 13.8 Å². The van der Waals surface area contributed by atoms with Gasteiger partial charge < -0.3 is 24.6 Å². The van der Waals surface area contributed by atoms with Gasteiger partial charge in [0.05, 0.1) is 11.6 Å². The highest BCUT2D eigenvalue weighted by atomic mass is 35.5. The minimum absolute atomic E-state index is 0.0189. The summed E-state index contributed by atoms with van der Waals surface area (Å²) < 4.78 is 79.5. The molecule has 0 amide bonds. The van der Waals surface area contributed by atoms with Crippen LogP contribution in [0.15, 0.2) is 59.5 Å². The summed E-state index contributed by atoms with van der Waals surface area (Å²) in [4.78, 5) is 15.6. The van der Waals surface area contributed by atoms with Crippen molar-refractivity contribution in [2.24, 2.45) is 0 Å². The summed E-state index contributed by atoms with van der Waals surface area (Å²) in [5.74, 6) is -0.339. The number of aryl methyl sites for hydroxylation is 2. The van der Waals surface area contributed by atoms with Crippen molar-refractivity contribution in [2.75, 3.05) is 12.3 Å². The number of hydrogen-bond donors (Lipinski definition) is 2. The van der Waals surface area contributed by atoms with E-state index in [-0.39, 0.29) is 22.3 Å². The van der Waals surface area contributed by atoms with Gasteiger partial charge in [0.25, 0.3) is 6.43 Å². The molecule has 39 heavy (non-hydrogen) atoms. The van der Waals surface area contributed by atoms with Crippen molar-refractivity contribution in [1.82, 2.24) is 9.55 Å². The van der Waals surface area contributed by atoms with E-state index in [1.165, 1.54) is 24.3 Å². The van der Waals surface area contributed by atoms with E-state index in [0.29, 0.717) is 4.57 Å². The van der Waals surface area contributed by atoms with E-state index in [9.17, 15) is 23.2 Å². The molecule has 2 heterocycles. The fourth-order valence-corrected chi connectivity index (χ4v) is 5.12. The van der Waals surface area contributed by atoms with Gasteiger partial charge in [-0.3, -0.25) is 9.09 Å². The molecule has 1 saturated heterocycles. The number of aromatic nitrogens is 2. The maximum atomic E-state index is 15.2. The number of aliphatic hydroxyl groups excluding tert-OH is 1. The van der Waals surface area contributed by atoms with Crippen LogP contribution in [0.2, 0.25) is 5.02 Å². The summed E-state index contributed by atoms with van der Waals surface area (Å²) in [5, 5.41) is 10.3. The Morgan fingerprint density at radius 3 is 2.13 bits per heavy atom. The normalized spacial score (nSPS) is 23.2. The Hall–Kier alpha value is -3.09. The number of aliphatic hydroxyl groups is 1. The minimum atomic E-state index is -4.76. The highest BCUT2D eigenvalue weighted by molar-refractivity contribution is 7.49. The van der Waals surface area contributed by atoms with Gasteiger partial charge in [0.2, 0.25) is 0 Å². The molecular formula is C24H24ClF3N3O7P. The molecule has 0 aliphatic carbocycles. The van der Waals surface area contributed by atoms with Crippen LogP contribution < -0.4 is 20.5 Å². The van der Waals surface area contributed by atoms with Gasteiger partial charge in [-0.2, -0.15) is 4.98 Å². The number of nitrogen functional groups attached to an aromatic ring is 1. The Morgan fingerprint density at radius 1 is 1.13 bits per heavy atom. The van der Waals surface area contributed by atoms with Crippen molar-refractivity contribution >= 4 is 25.2 Å². The number of nitrogens with two attached hydrogens (primary N) is 1. The molecule has 1 aliphatic heterocycles. The van der Waals surface area contributed by atoms with E-state index in [0.717, 1.165) is 17.3 Å². The molecule has 15 heteroatoms. The summed E-state index contributed by atoms with van der Waals surface area (Å²) in [6.45, 7) is 2.24. The molecule has 1 aliphatic rings. The van der Waals surface area contributed by atoms with Gasteiger partial charge in [-0.25, -0.2) is 22.5 Å². The zero-order valence-electron chi connectivity index (χ0n) is 20.5. The molecule has 210 valence electrons. The zero-order valence-corrected chi connectivity index (χ0v) is 22.2. The van der Waals surface area contributed by atoms with Crippen molar-refractivity contribution in [3.63, 3.8) is 0 Å². The average Bonchev–Trinajstić information content (AvgIpc) is 3.14. The summed E-state index contributed by atoms with van der Waals surface area (Å²) in [6, 6.07) is 12.3. The third-order valence-corrected chi connectivity index (χ3v) is 7.52. The average molecular weight is 590 g/mol. The largest absolute Gasteiger partial charge is 0.587 e. The molecule has 1 fully saturated rings. The first kappa shape index (κ1) is 28.9. The minimum Gasteiger partial charge on any atom is -0.395 e. The zero-order chi connectivity index (χ0) is 28.5. The lowest BCUT2D eigenvalue weighted by atomic mass is 9.97. The molecule has 2 aromatic carbocycles. The van der Waals surface area contributed by atoms with E-state index in [4.69, 9.17) is 35.6 Å². The molecule has 0 saturated carbocycles. The maximum absolute atomic E-state index is 15.2. The molecule has 0 spiro atoms. The van der Waals surface area contributed by atoms with E-state index in [2.05, 4.69) is 4.98 Å². The third kappa shape index (κ3) is 6.07. The van der Waals surface area contributed by atoms with Crippen molar-refractivity contribution < 1.29 is 41.2 Å². The number of phosphoric ester groups is 1. The number of phosphoric acid groups is 1. The first-order valence-corrected chi connectivity index (χ1v) is 13.3. The van der Waals surface area contributed by atoms with Crippen LogP contribution in [-0.2, 0) is 13.8 Å². The number of anilines is 1. The predicted octanol–water partition coefficient (Wildman–Crippen LogP) is 4.61. The number of halogens is 4. The first-order valence-electron chi connectivity index (χ1n) is 11.4. The molecule has 0 radical (unpaired) electrons. The van der Waals surface area contributed by atoms with Crippen molar-refractivity contribution in [3.05, 3.63) is 81.4 Å². The number of nitrogens with zero attached hydrogens (tertiary/aromatic N) is 2. The number of ether oxygens (including phenoxy) is 1. The fourth-order valence-electron chi connectivity index (χ4n) is 3.71. The number of benzene rings is 2. The van der Waals surface area contributed by atoms with E-state index in [1.54, 1.807) is 38.1 Å². The standard InChI is InChI=1S/C24H24ClF3N3O7P/c1-13-3-7-15(8-4-13)37-39(34,38-16-9-5-14(2)6-10-16)35-12-24(22(27)28)19(32)18(26)21(36-24)31-11-17(25)20(29)30-23(31)33/h3-11,18-19,21-22,32H,12H2,1-2H3,(H2,29,30,33)/t18-,19-,21+,24+/m0/s1. The second-order valence-electron chi connectivity index (χ2n) is 8.85. The highest BCUT2D eigenvalue weighted by Gasteiger charge is 2.62. The van der Waals surface area contributed by atoms with Crippen LogP contribution in [0.5, 0.6) is 11.5 Å². The quantitative estimate of drug-likeness (QED) is 0.343. The van der Waals surface area contributed by atoms with Crippen LogP contribution >= 0.6 is 19.4 Å². The first-order chi connectivity index (χ1) is 18.3. The Morgan fingerprint density at radius 2 is 1.64 bits per heavy atom. The molecule has 10 nitrogen and oxygen atoms in total. The van der Waals surface area contributed by atoms with Crippen LogP contribution in [-0.4, -0.2) is 45.6 Å². The molecule has 4 atom stereocenters. The summed E-state index contributed by atoms with van der Waals surface area (Å²) in [5.41, 5.74) is 2.89. The fraction of sp³-hybridized carbons (Fsp3) is 0.333.